The van der Waals surface area contributed by atoms with E-state index in [0.717, 1.165) is 10.9 Å². The van der Waals surface area contributed by atoms with Crippen LogP contribution in [-0.4, -0.2) is 15.4 Å². The molecule has 0 saturated carbocycles. The molecule has 0 atom stereocenters. The minimum atomic E-state index is 0.464. The Morgan fingerprint density at radius 1 is 1.42 bits per heavy atom. The molecule has 0 saturated heterocycles. The van der Waals surface area contributed by atoms with Crippen molar-refractivity contribution in [2.45, 2.75) is 0 Å². The molecule has 5 heteroatoms. The summed E-state index contributed by atoms with van der Waals surface area (Å²) in [6.07, 6.45) is 0. The molecule has 1 heterocycles. The molecule has 1 N–H and O–H groups in total. The summed E-state index contributed by atoms with van der Waals surface area (Å²) in [5, 5.41) is 11.5. The minimum Gasteiger partial charge on any atom is -0.259 e. The number of hydrogen-bond donors (Lipinski definition) is 1. The number of benzene rings is 1. The number of rotatable bonds is 0. The van der Waals surface area contributed by atoms with Gasteiger partial charge >= 0.3 is 0 Å². The quantitative estimate of drug-likeness (QED) is 0.660. The Morgan fingerprint density at radius 2 is 2.25 bits per heavy atom. The second-order valence-electron chi connectivity index (χ2n) is 2.31. The first-order chi connectivity index (χ1) is 5.77. The highest BCUT2D eigenvalue weighted by atomic mass is 35.5. The van der Waals surface area contributed by atoms with Gasteiger partial charge in [-0.1, -0.05) is 29.0 Å². The highest BCUT2D eigenvalue weighted by Gasteiger charge is 1.96. The minimum absolute atomic E-state index is 0.464. The molecular formula is C7H4ClN3S. The monoisotopic (exact) mass is 197 g/mol. The molecule has 1 aromatic carbocycles. The zero-order valence-corrected chi connectivity index (χ0v) is 7.49. The summed E-state index contributed by atoms with van der Waals surface area (Å²) in [5.41, 5.74) is 0.847. The van der Waals surface area contributed by atoms with Crippen molar-refractivity contribution in [3.05, 3.63) is 27.9 Å². The normalized spacial score (nSPS) is 10.4. The Kier molecular flexibility index (Phi) is 1.78. The molecule has 1 aromatic heterocycles. The van der Waals surface area contributed by atoms with Crippen LogP contribution in [0.4, 0.5) is 0 Å². The predicted molar refractivity (Wildman–Crippen MR) is 49.7 cm³/mol. The van der Waals surface area contributed by atoms with Crippen molar-refractivity contribution in [1.82, 2.24) is 15.4 Å². The molecule has 0 unspecified atom stereocenters. The third-order valence-corrected chi connectivity index (χ3v) is 2.06. The maximum Gasteiger partial charge on any atom is 0.159 e. The fraction of sp³-hybridized carbons (Fsp3) is 0. The Hall–Kier alpha value is -1.00. The molecule has 2 aromatic rings. The van der Waals surface area contributed by atoms with E-state index in [1.165, 1.54) is 0 Å². The van der Waals surface area contributed by atoms with Crippen molar-refractivity contribution in [3.63, 3.8) is 0 Å². The van der Waals surface area contributed by atoms with E-state index in [9.17, 15) is 0 Å². The van der Waals surface area contributed by atoms with Crippen LogP contribution < -0.4 is 0 Å². The molecule has 0 spiro atoms. The van der Waals surface area contributed by atoms with Crippen LogP contribution in [0.1, 0.15) is 0 Å². The van der Waals surface area contributed by atoms with Gasteiger partial charge in [-0.2, -0.15) is 0 Å². The predicted octanol–water partition coefficient (Wildman–Crippen LogP) is 2.34. The number of halogens is 1. The van der Waals surface area contributed by atoms with Gasteiger partial charge in [-0.05, 0) is 18.2 Å². The van der Waals surface area contributed by atoms with E-state index in [0.29, 0.717) is 9.66 Å². The van der Waals surface area contributed by atoms with E-state index in [1.54, 1.807) is 12.1 Å². The van der Waals surface area contributed by atoms with Gasteiger partial charge in [-0.3, -0.25) is 5.10 Å². The molecule has 0 aliphatic heterocycles. The van der Waals surface area contributed by atoms with Gasteiger partial charge in [0.1, 0.15) is 0 Å². The number of aromatic nitrogens is 3. The molecule has 2 rings (SSSR count). The molecule has 0 radical (unpaired) electrons. The second-order valence-corrected chi connectivity index (χ2v) is 3.13. The smallest absolute Gasteiger partial charge is 0.159 e. The Morgan fingerprint density at radius 3 is 3.08 bits per heavy atom. The molecule has 12 heavy (non-hydrogen) atoms. The Balaban J connectivity index is 2.98. The first kappa shape index (κ1) is 7.64. The highest BCUT2D eigenvalue weighted by molar-refractivity contribution is 7.71. The van der Waals surface area contributed by atoms with Gasteiger partial charge in [0.15, 0.2) is 4.64 Å². The van der Waals surface area contributed by atoms with Gasteiger partial charge in [-0.25, -0.2) is 0 Å². The SMILES string of the molecule is S=c1nn[nH]c2ccc(Cl)cc12. The number of aromatic amines is 1. The van der Waals surface area contributed by atoms with E-state index < -0.39 is 0 Å². The highest BCUT2D eigenvalue weighted by Crippen LogP contribution is 2.16. The molecule has 0 bridgehead atoms. The molecule has 0 aliphatic rings. The van der Waals surface area contributed by atoms with Crippen molar-refractivity contribution < 1.29 is 0 Å². The number of nitrogens with zero attached hydrogens (tertiary/aromatic N) is 2. The van der Waals surface area contributed by atoms with E-state index in [-0.39, 0.29) is 0 Å². The summed E-state index contributed by atoms with van der Waals surface area (Å²) in [6.45, 7) is 0. The zero-order chi connectivity index (χ0) is 8.55. The van der Waals surface area contributed by atoms with Crippen molar-refractivity contribution >= 4 is 34.7 Å². The van der Waals surface area contributed by atoms with E-state index in [4.69, 9.17) is 23.8 Å². The van der Waals surface area contributed by atoms with Crippen molar-refractivity contribution in [3.8, 4) is 0 Å². The number of fused-ring (bicyclic) bond motifs is 1. The molecule has 0 amide bonds. The molecular weight excluding hydrogens is 194 g/mol. The average molecular weight is 198 g/mol. The fourth-order valence-electron chi connectivity index (χ4n) is 0.969. The summed E-state index contributed by atoms with van der Waals surface area (Å²) in [5.74, 6) is 0. The van der Waals surface area contributed by atoms with Gasteiger partial charge in [0, 0.05) is 10.4 Å². The van der Waals surface area contributed by atoms with Gasteiger partial charge in [0.25, 0.3) is 0 Å². The topological polar surface area (TPSA) is 41.6 Å². The standard InChI is InChI=1S/C7H4ClN3S/c8-4-1-2-6-5(3-4)7(12)10-11-9-6/h1-3H,(H,9,10,12). The number of nitrogens with one attached hydrogen (secondary N) is 1. The second kappa shape index (κ2) is 2.80. The maximum absolute atomic E-state index is 5.78. The largest absolute Gasteiger partial charge is 0.259 e. The van der Waals surface area contributed by atoms with Crippen molar-refractivity contribution in [1.29, 1.82) is 0 Å². The van der Waals surface area contributed by atoms with E-state index in [1.807, 2.05) is 6.07 Å². The van der Waals surface area contributed by atoms with E-state index in [2.05, 4.69) is 15.4 Å². The molecule has 3 nitrogen and oxygen atoms in total. The maximum atomic E-state index is 5.78. The van der Waals surface area contributed by atoms with Gasteiger partial charge in [-0.15, -0.1) is 5.10 Å². The number of hydrogen-bond acceptors (Lipinski definition) is 3. The third kappa shape index (κ3) is 1.19. The lowest BCUT2D eigenvalue weighted by Crippen LogP contribution is -1.88. The lowest BCUT2D eigenvalue weighted by molar-refractivity contribution is 0.887. The van der Waals surface area contributed by atoms with Crippen LogP contribution in [0.15, 0.2) is 18.2 Å². The van der Waals surface area contributed by atoms with Gasteiger partial charge < -0.3 is 0 Å². The lowest BCUT2D eigenvalue weighted by Gasteiger charge is -1.95. The van der Waals surface area contributed by atoms with Crippen molar-refractivity contribution in [2.24, 2.45) is 0 Å². The molecule has 60 valence electrons. The third-order valence-electron chi connectivity index (χ3n) is 1.52. The van der Waals surface area contributed by atoms with Crippen LogP contribution in [0.25, 0.3) is 10.9 Å². The van der Waals surface area contributed by atoms with Crippen LogP contribution in [0.5, 0.6) is 0 Å². The lowest BCUT2D eigenvalue weighted by atomic mass is 10.2. The first-order valence-electron chi connectivity index (χ1n) is 3.28. The van der Waals surface area contributed by atoms with Crippen LogP contribution in [0.3, 0.4) is 0 Å². The Bertz CT molecular complexity index is 479. The molecule has 0 aliphatic carbocycles. The van der Waals surface area contributed by atoms with Crippen molar-refractivity contribution in [2.75, 3.05) is 0 Å². The number of H-pyrrole nitrogens is 1. The summed E-state index contributed by atoms with van der Waals surface area (Å²) >= 11 is 10.7. The van der Waals surface area contributed by atoms with Crippen LogP contribution in [-0.2, 0) is 0 Å². The average Bonchev–Trinajstić information content (AvgIpc) is 2.07. The first-order valence-corrected chi connectivity index (χ1v) is 4.06. The summed E-state index contributed by atoms with van der Waals surface area (Å²) in [4.78, 5) is 0. The van der Waals surface area contributed by atoms with E-state index >= 15 is 0 Å². The Labute approximate surface area is 78.4 Å². The fourth-order valence-corrected chi connectivity index (χ4v) is 1.35. The summed E-state index contributed by atoms with van der Waals surface area (Å²) < 4.78 is 0.464. The van der Waals surface area contributed by atoms with Crippen LogP contribution >= 0.6 is 23.8 Å². The molecule has 0 fully saturated rings. The van der Waals surface area contributed by atoms with Crippen LogP contribution in [0, 0.1) is 4.64 Å². The van der Waals surface area contributed by atoms with Gasteiger partial charge in [0.05, 0.1) is 5.52 Å². The van der Waals surface area contributed by atoms with Gasteiger partial charge in [0.2, 0.25) is 0 Å². The summed E-state index contributed by atoms with van der Waals surface area (Å²) in [6, 6.07) is 5.36. The van der Waals surface area contributed by atoms with Crippen LogP contribution in [0.2, 0.25) is 5.02 Å². The summed E-state index contributed by atoms with van der Waals surface area (Å²) in [7, 11) is 0. The zero-order valence-electron chi connectivity index (χ0n) is 5.91.